The molecule has 0 aromatic heterocycles. The third-order valence-corrected chi connectivity index (χ3v) is 3.32. The second kappa shape index (κ2) is 2.76. The van der Waals surface area contributed by atoms with Crippen LogP contribution in [0.5, 0.6) is 0 Å². The molecule has 0 aliphatic carbocycles. The summed E-state index contributed by atoms with van der Waals surface area (Å²) in [7, 11) is 4.49. The van der Waals surface area contributed by atoms with Gasteiger partial charge in [0.25, 0.3) is 0 Å². The van der Waals surface area contributed by atoms with E-state index in [0.29, 0.717) is 0 Å². The molecule has 0 aromatic rings. The first-order chi connectivity index (χ1) is 5.27. The Bertz CT molecular complexity index is 146. The van der Waals surface area contributed by atoms with Crippen LogP contribution < -0.4 is 0 Å². The SMILES string of the molecule is CN1CCC(C2CCN2C)C1. The highest BCUT2D eigenvalue weighted by Crippen LogP contribution is 2.29. The number of rotatable bonds is 1. The van der Waals surface area contributed by atoms with Crippen molar-refractivity contribution in [3.8, 4) is 0 Å². The van der Waals surface area contributed by atoms with Crippen LogP contribution in [0.25, 0.3) is 0 Å². The molecule has 0 N–H and O–H groups in total. The van der Waals surface area contributed by atoms with Gasteiger partial charge in [0.2, 0.25) is 0 Å². The minimum absolute atomic E-state index is 0.917. The highest BCUT2D eigenvalue weighted by Gasteiger charge is 2.34. The molecule has 2 aliphatic rings. The number of likely N-dealkylation sites (tertiary alicyclic amines) is 2. The lowest BCUT2D eigenvalue weighted by Gasteiger charge is -2.41. The zero-order valence-corrected chi connectivity index (χ0v) is 7.58. The average molecular weight is 154 g/mol. The van der Waals surface area contributed by atoms with Crippen molar-refractivity contribution in [2.24, 2.45) is 5.92 Å². The molecule has 11 heavy (non-hydrogen) atoms. The van der Waals surface area contributed by atoms with Gasteiger partial charge in [-0.15, -0.1) is 0 Å². The Balaban J connectivity index is 1.86. The first-order valence-electron chi connectivity index (χ1n) is 4.66. The Labute approximate surface area is 69.2 Å². The monoisotopic (exact) mass is 154 g/mol. The average Bonchev–Trinajstić information content (AvgIpc) is 2.33. The summed E-state index contributed by atoms with van der Waals surface area (Å²) in [6, 6.07) is 0.917. The first kappa shape index (κ1) is 7.56. The second-order valence-electron chi connectivity index (χ2n) is 4.15. The molecule has 2 heterocycles. The molecule has 2 nitrogen and oxygen atoms in total. The molecular formula is C9H18N2. The highest BCUT2D eigenvalue weighted by atomic mass is 15.2. The minimum atomic E-state index is 0.917. The molecule has 2 aliphatic heterocycles. The Morgan fingerprint density at radius 2 is 1.91 bits per heavy atom. The minimum Gasteiger partial charge on any atom is -0.306 e. The van der Waals surface area contributed by atoms with E-state index in [1.54, 1.807) is 0 Å². The molecule has 0 bridgehead atoms. The van der Waals surface area contributed by atoms with Crippen LogP contribution in [0.4, 0.5) is 0 Å². The summed E-state index contributed by atoms with van der Waals surface area (Å²) >= 11 is 0. The molecule has 2 heteroatoms. The van der Waals surface area contributed by atoms with Crippen LogP contribution in [0, 0.1) is 5.92 Å². The van der Waals surface area contributed by atoms with Gasteiger partial charge in [0, 0.05) is 12.6 Å². The molecule has 0 spiro atoms. The lowest BCUT2D eigenvalue weighted by Crippen LogP contribution is -2.49. The van der Waals surface area contributed by atoms with Crippen molar-refractivity contribution >= 4 is 0 Å². The van der Waals surface area contributed by atoms with Gasteiger partial charge < -0.3 is 9.80 Å². The lowest BCUT2D eigenvalue weighted by molar-refractivity contribution is 0.0765. The van der Waals surface area contributed by atoms with Crippen molar-refractivity contribution in [2.45, 2.75) is 18.9 Å². The standard InChI is InChI=1S/C9H18N2/c1-10-5-3-8(7-10)9-4-6-11(9)2/h8-9H,3-7H2,1-2H3. The van der Waals surface area contributed by atoms with E-state index in [1.165, 1.54) is 32.5 Å². The molecular weight excluding hydrogens is 136 g/mol. The van der Waals surface area contributed by atoms with Crippen LogP contribution in [-0.4, -0.2) is 49.6 Å². The molecule has 2 rings (SSSR count). The molecule has 0 aromatic carbocycles. The summed E-state index contributed by atoms with van der Waals surface area (Å²) in [5, 5.41) is 0. The summed E-state index contributed by atoms with van der Waals surface area (Å²) < 4.78 is 0. The maximum Gasteiger partial charge on any atom is 0.0145 e. The first-order valence-corrected chi connectivity index (χ1v) is 4.66. The van der Waals surface area contributed by atoms with Gasteiger partial charge in [-0.2, -0.15) is 0 Å². The largest absolute Gasteiger partial charge is 0.306 e. The Hall–Kier alpha value is -0.0800. The van der Waals surface area contributed by atoms with E-state index in [2.05, 4.69) is 23.9 Å². The summed E-state index contributed by atoms with van der Waals surface area (Å²) in [6.07, 6.45) is 2.86. The fraction of sp³-hybridized carbons (Fsp3) is 1.00. The van der Waals surface area contributed by atoms with Gasteiger partial charge in [-0.1, -0.05) is 0 Å². The van der Waals surface area contributed by atoms with Gasteiger partial charge in [0.05, 0.1) is 0 Å². The van der Waals surface area contributed by atoms with Crippen LogP contribution in [-0.2, 0) is 0 Å². The second-order valence-corrected chi connectivity index (χ2v) is 4.15. The van der Waals surface area contributed by atoms with E-state index in [4.69, 9.17) is 0 Å². The normalized spacial score (nSPS) is 40.9. The Morgan fingerprint density at radius 1 is 1.09 bits per heavy atom. The van der Waals surface area contributed by atoms with Gasteiger partial charge in [-0.05, 0) is 45.9 Å². The van der Waals surface area contributed by atoms with E-state index in [-0.39, 0.29) is 0 Å². The third kappa shape index (κ3) is 1.30. The zero-order chi connectivity index (χ0) is 7.84. The number of hydrogen-bond donors (Lipinski definition) is 0. The number of nitrogens with zero attached hydrogens (tertiary/aromatic N) is 2. The van der Waals surface area contributed by atoms with Crippen molar-refractivity contribution in [1.82, 2.24) is 9.80 Å². The van der Waals surface area contributed by atoms with Gasteiger partial charge in [0.1, 0.15) is 0 Å². The van der Waals surface area contributed by atoms with Crippen molar-refractivity contribution in [1.29, 1.82) is 0 Å². The zero-order valence-electron chi connectivity index (χ0n) is 7.58. The predicted molar refractivity (Wildman–Crippen MR) is 46.6 cm³/mol. The van der Waals surface area contributed by atoms with Crippen molar-refractivity contribution in [3.63, 3.8) is 0 Å². The predicted octanol–water partition coefficient (Wildman–Crippen LogP) is 0.642. The maximum atomic E-state index is 2.50. The van der Waals surface area contributed by atoms with Crippen LogP contribution >= 0.6 is 0 Å². The van der Waals surface area contributed by atoms with Crippen molar-refractivity contribution < 1.29 is 0 Å². The molecule has 2 saturated heterocycles. The molecule has 2 atom stereocenters. The van der Waals surface area contributed by atoms with Crippen LogP contribution in [0.1, 0.15) is 12.8 Å². The summed E-state index contributed by atoms with van der Waals surface area (Å²) in [6.45, 7) is 3.97. The molecule has 2 unspecified atom stereocenters. The van der Waals surface area contributed by atoms with Gasteiger partial charge >= 0.3 is 0 Å². The molecule has 64 valence electrons. The summed E-state index contributed by atoms with van der Waals surface area (Å²) in [5.41, 5.74) is 0. The van der Waals surface area contributed by atoms with Gasteiger partial charge in [-0.3, -0.25) is 0 Å². The van der Waals surface area contributed by atoms with E-state index in [0.717, 1.165) is 12.0 Å². The lowest BCUT2D eigenvalue weighted by atomic mass is 9.89. The van der Waals surface area contributed by atoms with E-state index in [1.807, 2.05) is 0 Å². The fourth-order valence-electron chi connectivity index (χ4n) is 2.42. The quantitative estimate of drug-likeness (QED) is 0.547. The highest BCUT2D eigenvalue weighted by molar-refractivity contribution is 4.90. The molecule has 0 saturated carbocycles. The Morgan fingerprint density at radius 3 is 2.27 bits per heavy atom. The third-order valence-electron chi connectivity index (χ3n) is 3.32. The molecule has 0 amide bonds. The fourth-order valence-corrected chi connectivity index (χ4v) is 2.42. The van der Waals surface area contributed by atoms with E-state index in [9.17, 15) is 0 Å². The summed E-state index contributed by atoms with van der Waals surface area (Å²) in [5.74, 6) is 0.971. The maximum absolute atomic E-state index is 2.50. The number of hydrogen-bond acceptors (Lipinski definition) is 2. The smallest absolute Gasteiger partial charge is 0.0145 e. The van der Waals surface area contributed by atoms with Crippen LogP contribution in [0.2, 0.25) is 0 Å². The van der Waals surface area contributed by atoms with Crippen LogP contribution in [0.15, 0.2) is 0 Å². The van der Waals surface area contributed by atoms with Gasteiger partial charge in [0.15, 0.2) is 0 Å². The topological polar surface area (TPSA) is 6.48 Å². The van der Waals surface area contributed by atoms with Crippen molar-refractivity contribution in [3.05, 3.63) is 0 Å². The Kier molecular flexibility index (Phi) is 1.90. The molecule has 2 fully saturated rings. The summed E-state index contributed by atoms with van der Waals surface area (Å²) in [4.78, 5) is 4.96. The van der Waals surface area contributed by atoms with Gasteiger partial charge in [-0.25, -0.2) is 0 Å². The van der Waals surface area contributed by atoms with Crippen LogP contribution in [0.3, 0.4) is 0 Å². The molecule has 0 radical (unpaired) electrons. The van der Waals surface area contributed by atoms with Crippen molar-refractivity contribution in [2.75, 3.05) is 33.7 Å². The van der Waals surface area contributed by atoms with E-state index < -0.39 is 0 Å². The van der Waals surface area contributed by atoms with E-state index >= 15 is 0 Å².